The Morgan fingerprint density at radius 2 is 1.78 bits per heavy atom. The van der Waals surface area contributed by atoms with Crippen LogP contribution in [0.25, 0.3) is 5.65 Å². The molecule has 0 aromatic carbocycles. The van der Waals surface area contributed by atoms with E-state index >= 15 is 0 Å². The van der Waals surface area contributed by atoms with Gasteiger partial charge in [-0.1, -0.05) is 6.07 Å². The number of imidazole rings is 1. The predicted octanol–water partition coefficient (Wildman–Crippen LogP) is 2.60. The lowest BCUT2D eigenvalue weighted by atomic mass is 9.49. The molecule has 0 spiro atoms. The van der Waals surface area contributed by atoms with Crippen LogP contribution in [0, 0.1) is 23.2 Å². The normalized spacial score (nSPS) is 32.2. The van der Waals surface area contributed by atoms with Crippen molar-refractivity contribution in [3.8, 4) is 0 Å². The van der Waals surface area contributed by atoms with Crippen molar-refractivity contribution in [2.24, 2.45) is 23.2 Å². The summed E-state index contributed by atoms with van der Waals surface area (Å²) in [7, 11) is 6.09. The zero-order valence-electron chi connectivity index (χ0n) is 21.9. The number of hydrogen-bond acceptors (Lipinski definition) is 5. The fourth-order valence-corrected chi connectivity index (χ4v) is 8.06. The zero-order valence-corrected chi connectivity index (χ0v) is 21.9. The Labute approximate surface area is 214 Å². The standard InChI is InChI=1S/C28H40N6O2/c1-31-7-8-32(2)22(15-31)16-33(3)27(36)23-17-34-24(5-4-6-25(34)30-23)26(35)29-18-28-12-19-9-20(13-28)11-21(10-19)14-28/h4-6,17,19-22H,7-16,18H2,1-3H3,(H,29,35). The molecule has 2 amide bonds. The van der Waals surface area contributed by atoms with E-state index < -0.39 is 0 Å². The van der Waals surface area contributed by atoms with Crippen LogP contribution in [0.3, 0.4) is 0 Å². The lowest BCUT2D eigenvalue weighted by Gasteiger charge is -2.56. The molecule has 1 atom stereocenters. The van der Waals surface area contributed by atoms with Crippen LogP contribution in [0.2, 0.25) is 0 Å². The molecule has 8 heteroatoms. The van der Waals surface area contributed by atoms with Crippen LogP contribution in [-0.4, -0.2) is 95.8 Å². The van der Waals surface area contributed by atoms with Gasteiger partial charge in [0.15, 0.2) is 0 Å². The average Bonchev–Trinajstić information content (AvgIpc) is 3.28. The van der Waals surface area contributed by atoms with E-state index in [0.29, 0.717) is 29.6 Å². The van der Waals surface area contributed by atoms with Crippen molar-refractivity contribution in [3.05, 3.63) is 35.8 Å². The lowest BCUT2D eigenvalue weighted by Crippen LogP contribution is -2.54. The number of likely N-dealkylation sites (N-methyl/N-ethyl adjacent to an activating group) is 3. The zero-order chi connectivity index (χ0) is 25.0. The maximum Gasteiger partial charge on any atom is 0.273 e. The number of nitrogens with zero attached hydrogens (tertiary/aromatic N) is 5. The van der Waals surface area contributed by atoms with E-state index in [1.54, 1.807) is 15.5 Å². The number of rotatable bonds is 6. The minimum Gasteiger partial charge on any atom is -0.350 e. The molecular weight excluding hydrogens is 452 g/mol. The molecule has 1 aliphatic heterocycles. The summed E-state index contributed by atoms with van der Waals surface area (Å²) in [5.41, 5.74) is 1.84. The third kappa shape index (κ3) is 4.43. The number of piperazine rings is 1. The highest BCUT2D eigenvalue weighted by Crippen LogP contribution is 2.59. The van der Waals surface area contributed by atoms with E-state index in [-0.39, 0.29) is 17.2 Å². The predicted molar refractivity (Wildman–Crippen MR) is 139 cm³/mol. The van der Waals surface area contributed by atoms with Crippen LogP contribution in [0.15, 0.2) is 24.4 Å². The SMILES string of the molecule is CN1CCN(C)C(CN(C)C(=O)c2cn3c(C(=O)NCC45CC6CC(CC(C6)C4)C5)cccc3n2)C1. The van der Waals surface area contributed by atoms with Gasteiger partial charge in [0.2, 0.25) is 0 Å². The van der Waals surface area contributed by atoms with Gasteiger partial charge in [0.1, 0.15) is 17.0 Å². The van der Waals surface area contributed by atoms with Gasteiger partial charge < -0.3 is 15.1 Å². The fraction of sp³-hybridized carbons (Fsp3) is 0.679. The van der Waals surface area contributed by atoms with Crippen molar-refractivity contribution in [2.75, 3.05) is 53.9 Å². The highest BCUT2D eigenvalue weighted by Gasteiger charge is 2.50. The van der Waals surface area contributed by atoms with Gasteiger partial charge in [0.05, 0.1) is 0 Å². The number of pyridine rings is 1. The molecule has 1 unspecified atom stereocenters. The molecule has 4 aliphatic carbocycles. The summed E-state index contributed by atoms with van der Waals surface area (Å²) in [5.74, 6) is 2.41. The molecule has 3 heterocycles. The maximum absolute atomic E-state index is 13.3. The third-order valence-corrected chi connectivity index (χ3v) is 9.54. The Morgan fingerprint density at radius 1 is 1.08 bits per heavy atom. The Morgan fingerprint density at radius 3 is 2.47 bits per heavy atom. The van der Waals surface area contributed by atoms with Gasteiger partial charge in [-0.15, -0.1) is 0 Å². The van der Waals surface area contributed by atoms with Gasteiger partial charge >= 0.3 is 0 Å². The van der Waals surface area contributed by atoms with Gasteiger partial charge in [-0.05, 0) is 87.9 Å². The van der Waals surface area contributed by atoms with E-state index in [0.717, 1.165) is 43.9 Å². The van der Waals surface area contributed by atoms with Gasteiger partial charge in [-0.2, -0.15) is 0 Å². The Kier molecular flexibility index (Phi) is 6.07. The number of nitrogens with one attached hydrogen (secondary N) is 1. The molecule has 4 bridgehead atoms. The van der Waals surface area contributed by atoms with Crippen LogP contribution >= 0.6 is 0 Å². The first kappa shape index (κ1) is 23.9. The number of carbonyl (C=O) groups excluding carboxylic acids is 2. The van der Waals surface area contributed by atoms with Crippen LogP contribution in [0.5, 0.6) is 0 Å². The molecule has 1 saturated heterocycles. The second-order valence-corrected chi connectivity index (χ2v) is 12.4. The molecule has 4 saturated carbocycles. The third-order valence-electron chi connectivity index (χ3n) is 9.54. The number of fused-ring (bicyclic) bond motifs is 1. The largest absolute Gasteiger partial charge is 0.350 e. The molecule has 2 aromatic rings. The molecule has 2 aromatic heterocycles. The molecule has 0 radical (unpaired) electrons. The summed E-state index contributed by atoms with van der Waals surface area (Å²) < 4.78 is 1.77. The Balaban J connectivity index is 1.15. The van der Waals surface area contributed by atoms with Crippen molar-refractivity contribution < 1.29 is 9.59 Å². The topological polar surface area (TPSA) is 73.2 Å². The lowest BCUT2D eigenvalue weighted by molar-refractivity contribution is -0.0503. The summed E-state index contributed by atoms with van der Waals surface area (Å²) in [6, 6.07) is 5.83. The Bertz CT molecular complexity index is 1120. The van der Waals surface area contributed by atoms with Crippen molar-refractivity contribution in [1.29, 1.82) is 0 Å². The van der Waals surface area contributed by atoms with Gasteiger partial charge in [0.25, 0.3) is 11.8 Å². The van der Waals surface area contributed by atoms with Crippen molar-refractivity contribution >= 4 is 17.5 Å². The molecule has 5 aliphatic rings. The first-order valence-corrected chi connectivity index (χ1v) is 13.7. The second-order valence-electron chi connectivity index (χ2n) is 12.4. The number of carbonyl (C=O) groups is 2. The molecule has 1 N–H and O–H groups in total. The smallest absolute Gasteiger partial charge is 0.273 e. The summed E-state index contributed by atoms with van der Waals surface area (Å²) in [6.45, 7) is 4.39. The van der Waals surface area contributed by atoms with Crippen molar-refractivity contribution in [3.63, 3.8) is 0 Å². The summed E-state index contributed by atoms with van der Waals surface area (Å²) >= 11 is 0. The van der Waals surface area contributed by atoms with Crippen LogP contribution in [-0.2, 0) is 0 Å². The molecule has 194 valence electrons. The summed E-state index contributed by atoms with van der Waals surface area (Å²) in [5, 5.41) is 3.28. The number of amides is 2. The monoisotopic (exact) mass is 492 g/mol. The minimum atomic E-state index is -0.111. The highest BCUT2D eigenvalue weighted by molar-refractivity contribution is 5.95. The summed E-state index contributed by atoms with van der Waals surface area (Å²) in [4.78, 5) is 37.6. The molecule has 7 rings (SSSR count). The molecule has 5 fully saturated rings. The average molecular weight is 493 g/mol. The van der Waals surface area contributed by atoms with E-state index in [2.05, 4.69) is 34.2 Å². The van der Waals surface area contributed by atoms with E-state index in [1.807, 2.05) is 25.2 Å². The van der Waals surface area contributed by atoms with Crippen LogP contribution in [0.1, 0.15) is 59.5 Å². The van der Waals surface area contributed by atoms with E-state index in [4.69, 9.17) is 0 Å². The van der Waals surface area contributed by atoms with E-state index in [1.165, 1.54) is 38.5 Å². The van der Waals surface area contributed by atoms with Crippen molar-refractivity contribution in [1.82, 2.24) is 29.4 Å². The quantitative estimate of drug-likeness (QED) is 0.671. The molecule has 36 heavy (non-hydrogen) atoms. The van der Waals surface area contributed by atoms with Gasteiger partial charge in [-0.3, -0.25) is 18.9 Å². The van der Waals surface area contributed by atoms with E-state index in [9.17, 15) is 9.59 Å². The number of hydrogen-bond donors (Lipinski definition) is 1. The van der Waals surface area contributed by atoms with Crippen LogP contribution in [0.4, 0.5) is 0 Å². The maximum atomic E-state index is 13.3. The highest BCUT2D eigenvalue weighted by atomic mass is 16.2. The first-order valence-electron chi connectivity index (χ1n) is 13.7. The summed E-state index contributed by atoms with van der Waals surface area (Å²) in [6.07, 6.45) is 9.74. The molecular formula is C28H40N6O2. The fourth-order valence-electron chi connectivity index (χ4n) is 8.06. The van der Waals surface area contributed by atoms with Crippen LogP contribution < -0.4 is 5.32 Å². The minimum absolute atomic E-state index is 0.0760. The number of aromatic nitrogens is 2. The second kappa shape index (κ2) is 9.14. The van der Waals surface area contributed by atoms with Gasteiger partial charge in [-0.25, -0.2) is 4.98 Å². The van der Waals surface area contributed by atoms with Crippen molar-refractivity contribution in [2.45, 2.75) is 44.6 Å². The first-order chi connectivity index (χ1) is 17.3. The molecule has 8 nitrogen and oxygen atoms in total. The Hall–Kier alpha value is -2.45. The van der Waals surface area contributed by atoms with Gasteiger partial charge in [0, 0.05) is 52.0 Å².